The smallest absolute Gasteiger partial charge is 0.244 e. The predicted molar refractivity (Wildman–Crippen MR) is 72.6 cm³/mol. The molecule has 1 aromatic carbocycles. The molecule has 1 amide bonds. The molecule has 0 bridgehead atoms. The number of hydrogen-bond acceptors (Lipinski definition) is 3. The summed E-state index contributed by atoms with van der Waals surface area (Å²) in [5.74, 6) is -0.955. The molecule has 0 radical (unpaired) electrons. The summed E-state index contributed by atoms with van der Waals surface area (Å²) in [4.78, 5) is 11.2. The van der Waals surface area contributed by atoms with E-state index in [4.69, 9.17) is 0 Å². The number of amides is 1. The first-order chi connectivity index (χ1) is 8.82. The van der Waals surface area contributed by atoms with Crippen molar-refractivity contribution in [2.75, 3.05) is 20.1 Å². The molecule has 0 heterocycles. The zero-order valence-electron chi connectivity index (χ0n) is 10.5. The van der Waals surface area contributed by atoms with E-state index in [1.54, 1.807) is 6.92 Å². The van der Waals surface area contributed by atoms with Crippen LogP contribution in [0.3, 0.4) is 0 Å². The van der Waals surface area contributed by atoms with Crippen molar-refractivity contribution in [2.24, 2.45) is 0 Å². The van der Waals surface area contributed by atoms with Crippen LogP contribution in [0.5, 0.6) is 0 Å². The molecule has 0 fully saturated rings. The average Bonchev–Trinajstić information content (AvgIpc) is 2.34. The summed E-state index contributed by atoms with van der Waals surface area (Å²) < 4.78 is 38.8. The van der Waals surface area contributed by atoms with E-state index in [9.17, 15) is 17.6 Å². The maximum absolute atomic E-state index is 13.0. The van der Waals surface area contributed by atoms with Crippen LogP contribution in [0.25, 0.3) is 0 Å². The summed E-state index contributed by atoms with van der Waals surface area (Å²) in [5.41, 5.74) is 0. The van der Waals surface area contributed by atoms with Crippen LogP contribution in [-0.4, -0.2) is 38.8 Å². The normalized spacial score (nSPS) is 11.6. The maximum Gasteiger partial charge on any atom is 0.244 e. The molecule has 19 heavy (non-hydrogen) atoms. The van der Waals surface area contributed by atoms with Crippen LogP contribution in [0.2, 0.25) is 0 Å². The van der Waals surface area contributed by atoms with Gasteiger partial charge in [0.2, 0.25) is 15.9 Å². The second-order valence-corrected chi connectivity index (χ2v) is 6.44. The van der Waals surface area contributed by atoms with Gasteiger partial charge in [-0.2, -0.15) is 4.31 Å². The zero-order chi connectivity index (χ0) is 14.6. The van der Waals surface area contributed by atoms with Gasteiger partial charge in [-0.15, -0.1) is 0 Å². The number of carbonyl (C=O) groups excluding carboxylic acids is 1. The van der Waals surface area contributed by atoms with E-state index in [1.165, 1.54) is 13.1 Å². The Hall–Kier alpha value is -0.990. The molecule has 106 valence electrons. The van der Waals surface area contributed by atoms with Gasteiger partial charge in [0.05, 0.1) is 11.4 Å². The van der Waals surface area contributed by atoms with Gasteiger partial charge in [0, 0.05) is 18.1 Å². The maximum atomic E-state index is 13.0. The third-order valence-electron chi connectivity index (χ3n) is 2.46. The van der Waals surface area contributed by atoms with Gasteiger partial charge >= 0.3 is 0 Å². The topological polar surface area (TPSA) is 66.5 Å². The highest BCUT2D eigenvalue weighted by Gasteiger charge is 2.27. The predicted octanol–water partition coefficient (Wildman–Crippen LogP) is 1.34. The molecule has 8 heteroatoms. The minimum absolute atomic E-state index is 0.0698. The van der Waals surface area contributed by atoms with Crippen LogP contribution in [0, 0.1) is 5.82 Å². The number of rotatable bonds is 5. The van der Waals surface area contributed by atoms with Crippen LogP contribution in [-0.2, 0) is 14.8 Å². The van der Waals surface area contributed by atoms with Crippen LogP contribution < -0.4 is 5.32 Å². The minimum atomic E-state index is -3.84. The number of hydrogen-bond donors (Lipinski definition) is 1. The molecule has 0 saturated heterocycles. The number of nitrogens with zero attached hydrogens (tertiary/aromatic N) is 1. The van der Waals surface area contributed by atoms with Crippen LogP contribution in [0.15, 0.2) is 27.6 Å². The molecule has 0 unspecified atom stereocenters. The monoisotopic (exact) mass is 352 g/mol. The van der Waals surface area contributed by atoms with Crippen molar-refractivity contribution in [1.82, 2.24) is 9.62 Å². The number of nitrogens with one attached hydrogen (secondary N) is 1. The Labute approximate surface area is 120 Å². The lowest BCUT2D eigenvalue weighted by atomic mass is 10.3. The fraction of sp³-hybridized carbons (Fsp3) is 0.364. The van der Waals surface area contributed by atoms with Gasteiger partial charge < -0.3 is 5.32 Å². The molecule has 0 saturated carbocycles. The molecule has 5 nitrogen and oxygen atoms in total. The Morgan fingerprint density at radius 2 is 2.11 bits per heavy atom. The highest BCUT2D eigenvalue weighted by Crippen LogP contribution is 2.25. The average molecular weight is 353 g/mol. The van der Waals surface area contributed by atoms with Crippen molar-refractivity contribution in [3.05, 3.63) is 28.5 Å². The first-order valence-corrected chi connectivity index (χ1v) is 7.72. The van der Waals surface area contributed by atoms with Crippen molar-refractivity contribution >= 4 is 31.9 Å². The van der Waals surface area contributed by atoms with E-state index in [0.717, 1.165) is 16.4 Å². The van der Waals surface area contributed by atoms with E-state index in [2.05, 4.69) is 21.2 Å². The van der Waals surface area contributed by atoms with Crippen molar-refractivity contribution in [3.8, 4) is 0 Å². The lowest BCUT2D eigenvalue weighted by molar-refractivity contribution is -0.120. The van der Waals surface area contributed by atoms with Gasteiger partial charge in [0.1, 0.15) is 5.82 Å². The molecule has 0 spiro atoms. The third kappa shape index (κ3) is 3.74. The molecule has 0 aliphatic rings. The Balaban J connectivity index is 3.17. The standard InChI is InChI=1S/C11H14BrFN2O3S/c1-3-15(7-11(16)14-2)19(17,18)10-5-4-8(13)6-9(10)12/h4-6H,3,7H2,1-2H3,(H,14,16). The van der Waals surface area contributed by atoms with Crippen LogP contribution in [0.1, 0.15) is 6.92 Å². The fourth-order valence-corrected chi connectivity index (χ4v) is 3.84. The van der Waals surface area contributed by atoms with Crippen molar-refractivity contribution in [1.29, 1.82) is 0 Å². The number of sulfonamides is 1. The second-order valence-electron chi connectivity index (χ2n) is 3.68. The molecule has 0 aromatic heterocycles. The number of benzene rings is 1. The highest BCUT2D eigenvalue weighted by atomic mass is 79.9. The summed E-state index contributed by atoms with van der Waals surface area (Å²) in [6, 6.07) is 3.30. The molecule has 1 rings (SSSR count). The number of carbonyl (C=O) groups is 1. The minimum Gasteiger partial charge on any atom is -0.358 e. The SMILES string of the molecule is CCN(CC(=O)NC)S(=O)(=O)c1ccc(F)cc1Br. The molecule has 1 N–H and O–H groups in total. The van der Waals surface area contributed by atoms with Crippen molar-refractivity contribution in [2.45, 2.75) is 11.8 Å². The van der Waals surface area contributed by atoms with E-state index in [0.29, 0.717) is 0 Å². The third-order valence-corrected chi connectivity index (χ3v) is 5.36. The molecule has 1 aromatic rings. The van der Waals surface area contributed by atoms with Crippen LogP contribution >= 0.6 is 15.9 Å². The highest BCUT2D eigenvalue weighted by molar-refractivity contribution is 9.10. The Morgan fingerprint density at radius 1 is 1.47 bits per heavy atom. The summed E-state index contributed by atoms with van der Waals surface area (Å²) in [6.45, 7) is 1.48. The fourth-order valence-electron chi connectivity index (χ4n) is 1.43. The molecular weight excluding hydrogens is 339 g/mol. The number of likely N-dealkylation sites (N-methyl/N-ethyl adjacent to an activating group) is 2. The first kappa shape index (κ1) is 16.1. The van der Waals surface area contributed by atoms with Gasteiger partial charge in [-0.05, 0) is 34.1 Å². The van der Waals surface area contributed by atoms with E-state index in [1.807, 2.05) is 0 Å². The molecular formula is C11H14BrFN2O3S. The van der Waals surface area contributed by atoms with E-state index < -0.39 is 21.7 Å². The second kappa shape index (κ2) is 6.44. The Morgan fingerprint density at radius 3 is 2.58 bits per heavy atom. The van der Waals surface area contributed by atoms with Crippen molar-refractivity contribution in [3.63, 3.8) is 0 Å². The molecule has 0 atom stereocenters. The Kier molecular flexibility index (Phi) is 5.45. The summed E-state index contributed by atoms with van der Waals surface area (Å²) in [5, 5.41) is 2.36. The van der Waals surface area contributed by atoms with Gasteiger partial charge in [-0.25, -0.2) is 12.8 Å². The van der Waals surface area contributed by atoms with E-state index >= 15 is 0 Å². The first-order valence-electron chi connectivity index (χ1n) is 5.48. The summed E-state index contributed by atoms with van der Waals surface area (Å²) >= 11 is 3.02. The Bertz CT molecular complexity index is 577. The van der Waals surface area contributed by atoms with Gasteiger partial charge in [0.25, 0.3) is 0 Å². The lowest BCUT2D eigenvalue weighted by Crippen LogP contribution is -2.39. The van der Waals surface area contributed by atoms with Gasteiger partial charge in [0.15, 0.2) is 0 Å². The zero-order valence-corrected chi connectivity index (χ0v) is 12.9. The van der Waals surface area contributed by atoms with E-state index in [-0.39, 0.29) is 22.5 Å². The number of halogens is 2. The van der Waals surface area contributed by atoms with Crippen LogP contribution in [0.4, 0.5) is 4.39 Å². The summed E-state index contributed by atoms with van der Waals surface area (Å²) in [6.07, 6.45) is 0. The largest absolute Gasteiger partial charge is 0.358 e. The molecule has 0 aliphatic carbocycles. The lowest BCUT2D eigenvalue weighted by Gasteiger charge is -2.20. The van der Waals surface area contributed by atoms with Crippen molar-refractivity contribution < 1.29 is 17.6 Å². The van der Waals surface area contributed by atoms with Gasteiger partial charge in [-0.1, -0.05) is 6.92 Å². The van der Waals surface area contributed by atoms with Gasteiger partial charge in [-0.3, -0.25) is 4.79 Å². The quantitative estimate of drug-likeness (QED) is 0.869. The molecule has 0 aliphatic heterocycles. The summed E-state index contributed by atoms with van der Waals surface area (Å²) in [7, 11) is -2.42.